The van der Waals surface area contributed by atoms with Crippen LogP contribution in [0, 0.1) is 16.0 Å². The molecule has 2 saturated heterocycles. The lowest BCUT2D eigenvalue weighted by Crippen LogP contribution is -2.44. The average molecular weight is 577 g/mol. The Labute approximate surface area is 244 Å². The van der Waals surface area contributed by atoms with Crippen LogP contribution in [0.2, 0.25) is 0 Å². The predicted molar refractivity (Wildman–Crippen MR) is 156 cm³/mol. The Morgan fingerprint density at radius 2 is 1.98 bits per heavy atom. The molecule has 3 atom stereocenters. The minimum Gasteiger partial charge on any atom is -0.394 e. The lowest BCUT2D eigenvalue weighted by atomic mass is 9.82. The molecule has 2 aromatic carbocycles. The number of carbonyl (C=O) groups is 3. The Bertz CT molecular complexity index is 1430. The molecule has 0 bridgehead atoms. The monoisotopic (exact) mass is 576 g/mol. The molecule has 42 heavy (non-hydrogen) atoms. The van der Waals surface area contributed by atoms with E-state index in [0.29, 0.717) is 25.2 Å². The lowest BCUT2D eigenvalue weighted by molar-refractivity contribution is -0.385. The fourth-order valence-electron chi connectivity index (χ4n) is 6.27. The topological polar surface area (TPSA) is 145 Å². The maximum atomic E-state index is 13.9. The zero-order chi connectivity index (χ0) is 30.0. The van der Waals surface area contributed by atoms with Gasteiger partial charge < -0.3 is 24.9 Å². The molecule has 3 amide bonds. The van der Waals surface area contributed by atoms with Gasteiger partial charge in [-0.3, -0.25) is 24.5 Å². The van der Waals surface area contributed by atoms with Crippen molar-refractivity contribution in [2.24, 2.45) is 5.92 Å². The summed E-state index contributed by atoms with van der Waals surface area (Å²) in [6, 6.07) is 11.2. The number of nitro benzene ring substituents is 1. The van der Waals surface area contributed by atoms with Crippen LogP contribution in [0.25, 0.3) is 0 Å². The summed E-state index contributed by atoms with van der Waals surface area (Å²) in [7, 11) is 0. The van der Waals surface area contributed by atoms with Gasteiger partial charge in [-0.1, -0.05) is 31.2 Å². The number of rotatable bonds is 9. The Kier molecular flexibility index (Phi) is 8.42. The van der Waals surface area contributed by atoms with Gasteiger partial charge in [-0.25, -0.2) is 0 Å². The highest BCUT2D eigenvalue weighted by Crippen LogP contribution is 2.47. The number of nitro groups is 1. The van der Waals surface area contributed by atoms with Crippen LogP contribution in [0.1, 0.15) is 56.6 Å². The first-order chi connectivity index (χ1) is 20.1. The second-order valence-electron chi connectivity index (χ2n) is 11.3. The molecule has 3 heterocycles. The molecule has 3 aliphatic rings. The number of aliphatic hydroxyl groups is 2. The van der Waals surface area contributed by atoms with E-state index in [9.17, 15) is 34.7 Å². The van der Waals surface area contributed by atoms with E-state index in [1.165, 1.54) is 23.1 Å². The number of amides is 3. The fraction of sp³-hybridized carbons (Fsp3) is 0.452. The van der Waals surface area contributed by atoms with Crippen molar-refractivity contribution in [2.45, 2.75) is 63.6 Å². The third-order valence-corrected chi connectivity index (χ3v) is 8.63. The highest BCUT2D eigenvalue weighted by molar-refractivity contribution is 6.07. The molecule has 3 aliphatic heterocycles. The summed E-state index contributed by atoms with van der Waals surface area (Å²) in [5.41, 5.74) is -0.360. The average Bonchev–Trinajstić information content (AvgIpc) is 3.55. The van der Waals surface area contributed by atoms with Gasteiger partial charge in [0.15, 0.2) is 5.60 Å². The zero-order valence-corrected chi connectivity index (χ0v) is 23.6. The molecular formula is C31H36N4O7. The summed E-state index contributed by atoms with van der Waals surface area (Å²) in [5, 5.41) is 33.1. The van der Waals surface area contributed by atoms with Gasteiger partial charge in [0, 0.05) is 55.2 Å². The van der Waals surface area contributed by atoms with Crippen molar-refractivity contribution < 1.29 is 29.5 Å². The van der Waals surface area contributed by atoms with E-state index in [4.69, 9.17) is 0 Å². The van der Waals surface area contributed by atoms with Gasteiger partial charge >= 0.3 is 0 Å². The Morgan fingerprint density at radius 1 is 1.17 bits per heavy atom. The summed E-state index contributed by atoms with van der Waals surface area (Å²) in [4.78, 5) is 55.0. The van der Waals surface area contributed by atoms with E-state index < -0.39 is 22.3 Å². The van der Waals surface area contributed by atoms with Crippen LogP contribution in [0.15, 0.2) is 54.6 Å². The van der Waals surface area contributed by atoms with Crippen molar-refractivity contribution in [3.63, 3.8) is 0 Å². The first kappa shape index (κ1) is 29.4. The Morgan fingerprint density at radius 3 is 2.71 bits per heavy atom. The molecule has 2 N–H and O–H groups in total. The zero-order valence-electron chi connectivity index (χ0n) is 23.6. The van der Waals surface area contributed by atoms with Crippen molar-refractivity contribution in [2.75, 3.05) is 29.5 Å². The number of fused-ring (bicyclic) bond motifs is 1. The first-order valence-corrected chi connectivity index (χ1v) is 14.4. The molecule has 0 radical (unpaired) electrons. The molecule has 0 saturated carbocycles. The van der Waals surface area contributed by atoms with Crippen LogP contribution in [0.5, 0.6) is 0 Å². The van der Waals surface area contributed by atoms with Crippen LogP contribution in [-0.4, -0.2) is 63.5 Å². The molecule has 2 fully saturated rings. The van der Waals surface area contributed by atoms with Crippen molar-refractivity contribution in [3.05, 3.63) is 75.9 Å². The van der Waals surface area contributed by atoms with Gasteiger partial charge in [-0.2, -0.15) is 0 Å². The van der Waals surface area contributed by atoms with E-state index >= 15 is 0 Å². The van der Waals surface area contributed by atoms with E-state index in [1.807, 2.05) is 24.3 Å². The number of nitrogens with zero attached hydrogens (tertiary/aromatic N) is 4. The maximum Gasteiger partial charge on any atom is 0.269 e. The maximum absolute atomic E-state index is 13.9. The number of benzene rings is 2. The lowest BCUT2D eigenvalue weighted by Gasteiger charge is -2.28. The molecule has 2 aromatic rings. The third-order valence-electron chi connectivity index (χ3n) is 8.63. The summed E-state index contributed by atoms with van der Waals surface area (Å²) in [6.07, 6.45) is 7.08. The quantitative estimate of drug-likeness (QED) is 0.264. The van der Waals surface area contributed by atoms with Crippen molar-refractivity contribution >= 4 is 34.8 Å². The van der Waals surface area contributed by atoms with Crippen molar-refractivity contribution in [3.8, 4) is 0 Å². The number of likely N-dealkylation sites (tertiary alicyclic amines) is 1. The highest BCUT2D eigenvalue weighted by Gasteiger charge is 2.53. The molecule has 11 nitrogen and oxygen atoms in total. The van der Waals surface area contributed by atoms with Gasteiger partial charge in [0.05, 0.1) is 29.8 Å². The standard InChI is InChI=1S/C31H36N4O7/c1-21(7-4-12-29(38)33-16-6-10-25(33)20-36)31(40)26-18-24(35(41)42)13-14-27(26)34(30(31)39)19-22-8-5-9-23(17-22)32-15-3-2-11-28(32)37/h4-5,7-9,13-14,17-18,21,25,36,40H,2-3,6,10-12,15-16,19-20H2,1H3/b7-4+/t21-,25+,31+/m1/s1. The minimum atomic E-state index is -2.09. The largest absolute Gasteiger partial charge is 0.394 e. The second kappa shape index (κ2) is 12.0. The van der Waals surface area contributed by atoms with Gasteiger partial charge in [0.25, 0.3) is 11.6 Å². The van der Waals surface area contributed by atoms with E-state index in [-0.39, 0.29) is 48.7 Å². The van der Waals surface area contributed by atoms with Crippen LogP contribution >= 0.6 is 0 Å². The van der Waals surface area contributed by atoms with Crippen LogP contribution in [0.3, 0.4) is 0 Å². The van der Waals surface area contributed by atoms with Crippen LogP contribution in [-0.2, 0) is 26.5 Å². The van der Waals surface area contributed by atoms with Crippen LogP contribution < -0.4 is 9.80 Å². The first-order valence-electron chi connectivity index (χ1n) is 14.4. The molecule has 0 aromatic heterocycles. The van der Waals surface area contributed by atoms with Crippen molar-refractivity contribution in [1.82, 2.24) is 4.90 Å². The van der Waals surface area contributed by atoms with E-state index in [0.717, 1.165) is 36.9 Å². The molecular weight excluding hydrogens is 540 g/mol. The molecule has 0 unspecified atom stereocenters. The SMILES string of the molecule is C[C@H](/C=C/CC(=O)N1CCC[C@H]1CO)[C@@]1(O)C(=O)N(Cc2cccc(N3CCCCC3=O)c2)c2ccc([N+](=O)[O-])cc21. The number of anilines is 2. The van der Waals surface area contributed by atoms with Gasteiger partial charge in [0.1, 0.15) is 0 Å². The number of aliphatic hydroxyl groups excluding tert-OH is 1. The molecule has 5 rings (SSSR count). The highest BCUT2D eigenvalue weighted by atomic mass is 16.6. The van der Waals surface area contributed by atoms with E-state index in [1.54, 1.807) is 28.9 Å². The van der Waals surface area contributed by atoms with Gasteiger partial charge in [-0.05, 0) is 49.4 Å². The van der Waals surface area contributed by atoms with E-state index in [2.05, 4.69) is 0 Å². The predicted octanol–water partition coefficient (Wildman–Crippen LogP) is 3.41. The number of carbonyl (C=O) groups excluding carboxylic acids is 3. The normalized spacial score (nSPS) is 23.1. The minimum absolute atomic E-state index is 0.0403. The number of hydrogen-bond donors (Lipinski definition) is 2. The molecule has 11 heteroatoms. The second-order valence-corrected chi connectivity index (χ2v) is 11.3. The third kappa shape index (κ3) is 5.41. The molecule has 0 spiro atoms. The summed E-state index contributed by atoms with van der Waals surface area (Å²) in [6.45, 7) is 2.84. The Balaban J connectivity index is 1.41. The number of non-ortho nitro benzene ring substituents is 1. The smallest absolute Gasteiger partial charge is 0.269 e. The van der Waals surface area contributed by atoms with Crippen molar-refractivity contribution in [1.29, 1.82) is 0 Å². The summed E-state index contributed by atoms with van der Waals surface area (Å²) in [5.74, 6) is -1.53. The number of hydrogen-bond acceptors (Lipinski definition) is 7. The summed E-state index contributed by atoms with van der Waals surface area (Å²) < 4.78 is 0. The van der Waals surface area contributed by atoms with Gasteiger partial charge in [0.2, 0.25) is 11.8 Å². The Hall–Kier alpha value is -4.09. The number of piperidine rings is 1. The summed E-state index contributed by atoms with van der Waals surface area (Å²) >= 11 is 0. The molecule has 222 valence electrons. The molecule has 0 aliphatic carbocycles. The fourth-order valence-corrected chi connectivity index (χ4v) is 6.27. The van der Waals surface area contributed by atoms with Crippen LogP contribution in [0.4, 0.5) is 17.1 Å². The van der Waals surface area contributed by atoms with Gasteiger partial charge in [-0.15, -0.1) is 0 Å².